The molecule has 0 unspecified atom stereocenters. The van der Waals surface area contributed by atoms with Gasteiger partial charge in [0.25, 0.3) is 0 Å². The average molecular weight is 197 g/mol. The molecule has 2 N–H and O–H groups in total. The Bertz CT molecular complexity index is 371. The van der Waals surface area contributed by atoms with E-state index in [0.717, 1.165) is 5.69 Å². The second kappa shape index (κ2) is 3.91. The Morgan fingerprint density at radius 3 is 2.69 bits per heavy atom. The molecule has 2 aromatic rings. The predicted octanol–water partition coefficient (Wildman–Crippen LogP) is 1.27. The normalized spacial score (nSPS) is 9.23. The van der Waals surface area contributed by atoms with E-state index in [4.69, 9.17) is 5.73 Å². The van der Waals surface area contributed by atoms with Crippen LogP contribution >= 0.6 is 12.4 Å². The van der Waals surface area contributed by atoms with Crippen molar-refractivity contribution in [1.82, 2.24) is 14.8 Å². The lowest BCUT2D eigenvalue weighted by molar-refractivity contribution is 0.874. The van der Waals surface area contributed by atoms with Crippen molar-refractivity contribution in [2.45, 2.75) is 0 Å². The van der Waals surface area contributed by atoms with Gasteiger partial charge in [-0.1, -0.05) is 0 Å². The minimum Gasteiger partial charge on any atom is -0.396 e. The Morgan fingerprint density at radius 2 is 2.15 bits per heavy atom. The van der Waals surface area contributed by atoms with Gasteiger partial charge in [-0.3, -0.25) is 4.98 Å². The second-order valence-corrected chi connectivity index (χ2v) is 2.43. The van der Waals surface area contributed by atoms with Gasteiger partial charge in [0.1, 0.15) is 0 Å². The summed E-state index contributed by atoms with van der Waals surface area (Å²) in [7, 11) is 0. The third kappa shape index (κ3) is 1.97. The van der Waals surface area contributed by atoms with Crippen LogP contribution in [0.3, 0.4) is 0 Å². The molecule has 0 spiro atoms. The van der Waals surface area contributed by atoms with Crippen molar-refractivity contribution in [2.24, 2.45) is 0 Å². The molecule has 2 heterocycles. The van der Waals surface area contributed by atoms with Crippen LogP contribution in [0.25, 0.3) is 5.69 Å². The quantitative estimate of drug-likeness (QED) is 0.748. The Morgan fingerprint density at radius 1 is 1.31 bits per heavy atom. The second-order valence-electron chi connectivity index (χ2n) is 2.43. The highest BCUT2D eigenvalue weighted by Gasteiger charge is 1.95. The molecule has 13 heavy (non-hydrogen) atoms. The van der Waals surface area contributed by atoms with Crippen molar-refractivity contribution in [3.05, 3.63) is 36.9 Å². The molecule has 0 fully saturated rings. The van der Waals surface area contributed by atoms with Crippen LogP contribution in [0.2, 0.25) is 0 Å². The number of nitrogen functional groups attached to an aromatic ring is 1. The third-order valence-electron chi connectivity index (χ3n) is 1.51. The zero-order valence-electron chi connectivity index (χ0n) is 6.79. The minimum absolute atomic E-state index is 0. The number of nitrogens with zero attached hydrogens (tertiary/aromatic N) is 3. The summed E-state index contributed by atoms with van der Waals surface area (Å²) in [6.45, 7) is 0. The summed E-state index contributed by atoms with van der Waals surface area (Å²) in [5.41, 5.74) is 7.08. The lowest BCUT2D eigenvalue weighted by Crippen LogP contribution is -1.93. The summed E-state index contributed by atoms with van der Waals surface area (Å²) < 4.78 is 1.68. The molecule has 0 aliphatic carbocycles. The minimum atomic E-state index is 0. The van der Waals surface area contributed by atoms with Crippen molar-refractivity contribution in [1.29, 1.82) is 0 Å². The van der Waals surface area contributed by atoms with Crippen molar-refractivity contribution < 1.29 is 0 Å². The number of nitrogens with two attached hydrogens (primary N) is 1. The molecular weight excluding hydrogens is 188 g/mol. The molecule has 5 heteroatoms. The monoisotopic (exact) mass is 196 g/mol. The largest absolute Gasteiger partial charge is 0.396 e. The maximum atomic E-state index is 5.51. The molecule has 0 radical (unpaired) electrons. The highest BCUT2D eigenvalue weighted by atomic mass is 35.5. The smallest absolute Gasteiger partial charge is 0.0829 e. The van der Waals surface area contributed by atoms with Gasteiger partial charge >= 0.3 is 0 Å². The maximum absolute atomic E-state index is 5.51. The summed E-state index contributed by atoms with van der Waals surface area (Å²) in [5.74, 6) is 0. The fourth-order valence-electron chi connectivity index (χ4n) is 0.967. The van der Waals surface area contributed by atoms with E-state index < -0.39 is 0 Å². The molecule has 2 aromatic heterocycles. The van der Waals surface area contributed by atoms with Crippen molar-refractivity contribution in [3.63, 3.8) is 0 Å². The predicted molar refractivity (Wildman–Crippen MR) is 53.0 cm³/mol. The maximum Gasteiger partial charge on any atom is 0.0829 e. The number of anilines is 1. The van der Waals surface area contributed by atoms with E-state index in [2.05, 4.69) is 10.1 Å². The number of rotatable bonds is 1. The lowest BCUT2D eigenvalue weighted by Gasteiger charge is -1.97. The van der Waals surface area contributed by atoms with E-state index in [1.54, 1.807) is 29.5 Å². The van der Waals surface area contributed by atoms with Crippen LogP contribution in [0, 0.1) is 0 Å². The van der Waals surface area contributed by atoms with Crippen molar-refractivity contribution in [3.8, 4) is 5.69 Å². The summed E-state index contributed by atoms with van der Waals surface area (Å²) in [5, 5.41) is 4.04. The van der Waals surface area contributed by atoms with Gasteiger partial charge in [0.15, 0.2) is 0 Å². The molecule has 0 bridgehead atoms. The van der Waals surface area contributed by atoms with Gasteiger partial charge in [-0.05, 0) is 12.1 Å². The molecule has 0 aliphatic heterocycles. The van der Waals surface area contributed by atoms with E-state index in [-0.39, 0.29) is 12.4 Å². The first-order valence-corrected chi connectivity index (χ1v) is 3.57. The molecule has 0 atom stereocenters. The van der Waals surface area contributed by atoms with E-state index in [1.807, 2.05) is 12.1 Å². The third-order valence-corrected chi connectivity index (χ3v) is 1.51. The fourth-order valence-corrected chi connectivity index (χ4v) is 0.967. The number of pyridine rings is 1. The van der Waals surface area contributed by atoms with Crippen molar-refractivity contribution >= 4 is 18.1 Å². The van der Waals surface area contributed by atoms with Crippen LogP contribution in [0.15, 0.2) is 36.9 Å². The Kier molecular flexibility index (Phi) is 2.87. The summed E-state index contributed by atoms with van der Waals surface area (Å²) >= 11 is 0. The summed E-state index contributed by atoms with van der Waals surface area (Å²) in [6, 6.07) is 3.77. The number of aromatic nitrogens is 3. The van der Waals surface area contributed by atoms with E-state index in [1.165, 1.54) is 0 Å². The number of hydrogen-bond acceptors (Lipinski definition) is 3. The molecular formula is C8H9ClN4. The van der Waals surface area contributed by atoms with Gasteiger partial charge in [0.2, 0.25) is 0 Å². The standard InChI is InChI=1S/C8H8N4.ClH/c9-7-4-11-12(6-7)8-2-1-3-10-5-8;/h1-6H,9H2;1H. The first-order chi connectivity index (χ1) is 5.86. The molecule has 0 saturated heterocycles. The number of hydrogen-bond donors (Lipinski definition) is 1. The first kappa shape index (κ1) is 9.54. The Hall–Kier alpha value is -1.55. The van der Waals surface area contributed by atoms with Gasteiger partial charge in [-0.15, -0.1) is 12.4 Å². The average Bonchev–Trinajstić information content (AvgIpc) is 2.54. The van der Waals surface area contributed by atoms with Crippen molar-refractivity contribution in [2.75, 3.05) is 5.73 Å². The Labute approximate surface area is 81.8 Å². The molecule has 0 aromatic carbocycles. The summed E-state index contributed by atoms with van der Waals surface area (Å²) in [4.78, 5) is 3.97. The SMILES string of the molecule is Cl.Nc1cnn(-c2cccnc2)c1. The van der Waals surface area contributed by atoms with Crippen LogP contribution in [-0.4, -0.2) is 14.8 Å². The fraction of sp³-hybridized carbons (Fsp3) is 0. The van der Waals surface area contributed by atoms with Crippen LogP contribution in [0.1, 0.15) is 0 Å². The van der Waals surface area contributed by atoms with E-state index >= 15 is 0 Å². The van der Waals surface area contributed by atoms with Crippen LogP contribution in [0.4, 0.5) is 5.69 Å². The van der Waals surface area contributed by atoms with Gasteiger partial charge in [-0.25, -0.2) is 4.68 Å². The topological polar surface area (TPSA) is 56.7 Å². The van der Waals surface area contributed by atoms with E-state index in [0.29, 0.717) is 5.69 Å². The van der Waals surface area contributed by atoms with Gasteiger partial charge in [0, 0.05) is 6.20 Å². The molecule has 0 amide bonds. The molecule has 0 saturated carbocycles. The zero-order chi connectivity index (χ0) is 8.39. The highest BCUT2D eigenvalue weighted by molar-refractivity contribution is 5.85. The van der Waals surface area contributed by atoms with Crippen LogP contribution in [0.5, 0.6) is 0 Å². The number of halogens is 1. The molecule has 2 rings (SSSR count). The van der Waals surface area contributed by atoms with Crippen LogP contribution in [-0.2, 0) is 0 Å². The van der Waals surface area contributed by atoms with Gasteiger partial charge in [-0.2, -0.15) is 5.10 Å². The first-order valence-electron chi connectivity index (χ1n) is 3.57. The highest BCUT2D eigenvalue weighted by Crippen LogP contribution is 2.06. The summed E-state index contributed by atoms with van der Waals surface area (Å²) in [6.07, 6.45) is 6.80. The lowest BCUT2D eigenvalue weighted by atomic mass is 10.4. The zero-order valence-corrected chi connectivity index (χ0v) is 7.61. The van der Waals surface area contributed by atoms with Crippen LogP contribution < -0.4 is 5.73 Å². The van der Waals surface area contributed by atoms with Gasteiger partial charge < -0.3 is 5.73 Å². The van der Waals surface area contributed by atoms with Gasteiger partial charge in [0.05, 0.1) is 30.0 Å². The Balaban J connectivity index is 0.000000845. The molecule has 0 aliphatic rings. The molecule has 68 valence electrons. The molecule has 4 nitrogen and oxygen atoms in total. The van der Waals surface area contributed by atoms with E-state index in [9.17, 15) is 0 Å².